The molecule has 0 fully saturated rings. The number of ketones is 1. The van der Waals surface area contributed by atoms with Crippen LogP contribution in [-0.4, -0.2) is 11.7 Å². The van der Waals surface area contributed by atoms with Gasteiger partial charge in [-0.05, 0) is 32.3 Å². The first-order valence-corrected chi connectivity index (χ1v) is 9.43. The molecule has 1 amide bonds. The third-order valence-corrected chi connectivity index (χ3v) is 5.36. The van der Waals surface area contributed by atoms with Crippen molar-refractivity contribution in [3.63, 3.8) is 0 Å². The highest BCUT2D eigenvalue weighted by molar-refractivity contribution is 6.04. The van der Waals surface area contributed by atoms with Crippen molar-refractivity contribution in [2.75, 3.05) is 0 Å². The van der Waals surface area contributed by atoms with Crippen LogP contribution in [0.25, 0.3) is 0 Å². The lowest BCUT2D eigenvalue weighted by molar-refractivity contribution is -0.118. The van der Waals surface area contributed by atoms with Crippen LogP contribution in [0, 0.1) is 11.3 Å². The van der Waals surface area contributed by atoms with E-state index in [4.69, 9.17) is 5.84 Å². The first-order chi connectivity index (χ1) is 12.4. The van der Waals surface area contributed by atoms with Crippen molar-refractivity contribution in [3.05, 3.63) is 58.7 Å². The van der Waals surface area contributed by atoms with E-state index < -0.39 is 5.41 Å². The van der Waals surface area contributed by atoms with E-state index in [9.17, 15) is 9.59 Å². The van der Waals surface area contributed by atoms with Crippen LogP contribution in [0.5, 0.6) is 0 Å². The number of Topliss-reactive ketones (excluding diaryl/α,β-unsaturated/α-hetero) is 1. The zero-order chi connectivity index (χ0) is 19.3. The summed E-state index contributed by atoms with van der Waals surface area (Å²) < 4.78 is 0. The van der Waals surface area contributed by atoms with E-state index in [1.165, 1.54) is 5.56 Å². The number of unbranched alkanes of at least 4 members (excludes halogenated alkanes) is 1. The van der Waals surface area contributed by atoms with Crippen molar-refractivity contribution in [2.45, 2.75) is 53.4 Å². The Kier molecular flexibility index (Phi) is 6.54. The number of carbonyl (C=O) groups excluding carboxylic acids is 2. The number of hydrogen-bond donors (Lipinski definition) is 2. The van der Waals surface area contributed by atoms with Gasteiger partial charge in [0.15, 0.2) is 5.78 Å². The number of amides is 1. The predicted octanol–water partition coefficient (Wildman–Crippen LogP) is 4.12. The van der Waals surface area contributed by atoms with Gasteiger partial charge in [0, 0.05) is 17.1 Å². The second kappa shape index (κ2) is 8.45. The average molecular weight is 354 g/mol. The van der Waals surface area contributed by atoms with Crippen molar-refractivity contribution >= 4 is 11.7 Å². The van der Waals surface area contributed by atoms with E-state index in [-0.39, 0.29) is 17.6 Å². The molecule has 0 spiro atoms. The molecule has 0 aliphatic heterocycles. The lowest BCUT2D eigenvalue weighted by Gasteiger charge is -2.38. The number of allylic oxidation sites excluding steroid dienone is 3. The highest BCUT2D eigenvalue weighted by atomic mass is 16.2. The summed E-state index contributed by atoms with van der Waals surface area (Å²) in [6.45, 7) is 8.07. The minimum Gasteiger partial charge on any atom is -0.293 e. The third-order valence-electron chi connectivity index (χ3n) is 5.36. The van der Waals surface area contributed by atoms with Gasteiger partial charge in [-0.2, -0.15) is 0 Å². The molecule has 0 heterocycles. The van der Waals surface area contributed by atoms with E-state index >= 15 is 0 Å². The van der Waals surface area contributed by atoms with Gasteiger partial charge in [-0.15, -0.1) is 0 Å². The van der Waals surface area contributed by atoms with Gasteiger partial charge in [-0.25, -0.2) is 5.84 Å². The maximum Gasteiger partial charge on any atom is 0.261 e. The Bertz CT molecular complexity index is 731. The summed E-state index contributed by atoms with van der Waals surface area (Å²) in [5.41, 5.74) is 4.89. The zero-order valence-corrected chi connectivity index (χ0v) is 16.3. The van der Waals surface area contributed by atoms with Crippen LogP contribution in [0.2, 0.25) is 0 Å². The standard InChI is InChI=1S/C22H30N2O2/c1-5-7-8-19-18(21(26)24-23)13-15(3)14-22(19,4)20(25)17-11-9-16(6-2)10-12-17/h9-14,19H,5-8,23H2,1-4H3,(H,24,26). The first kappa shape index (κ1) is 20.1. The van der Waals surface area contributed by atoms with E-state index in [2.05, 4.69) is 19.3 Å². The monoisotopic (exact) mass is 354 g/mol. The number of benzene rings is 1. The van der Waals surface area contributed by atoms with Crippen LogP contribution in [0.15, 0.2) is 47.6 Å². The lowest BCUT2D eigenvalue weighted by Crippen LogP contribution is -2.43. The van der Waals surface area contributed by atoms with Gasteiger partial charge < -0.3 is 0 Å². The van der Waals surface area contributed by atoms with E-state index in [0.29, 0.717) is 11.1 Å². The van der Waals surface area contributed by atoms with Crippen molar-refractivity contribution < 1.29 is 9.59 Å². The molecule has 4 nitrogen and oxygen atoms in total. The maximum atomic E-state index is 13.5. The number of hydrogen-bond acceptors (Lipinski definition) is 3. The fraction of sp³-hybridized carbons (Fsp3) is 0.455. The largest absolute Gasteiger partial charge is 0.293 e. The van der Waals surface area contributed by atoms with Gasteiger partial charge in [0.1, 0.15) is 0 Å². The Labute approximate surface area is 156 Å². The molecule has 0 saturated heterocycles. The number of nitrogens with two attached hydrogens (primary N) is 1. The Balaban J connectivity index is 2.47. The molecule has 1 aliphatic rings. The van der Waals surface area contributed by atoms with Crippen LogP contribution in [0.4, 0.5) is 0 Å². The molecular formula is C22H30N2O2. The first-order valence-electron chi connectivity index (χ1n) is 9.43. The molecule has 0 bridgehead atoms. The second-order valence-electron chi connectivity index (χ2n) is 7.32. The molecule has 2 rings (SSSR count). The zero-order valence-electron chi connectivity index (χ0n) is 16.3. The molecule has 2 unspecified atom stereocenters. The summed E-state index contributed by atoms with van der Waals surface area (Å²) in [6, 6.07) is 7.79. The maximum absolute atomic E-state index is 13.5. The molecule has 1 aliphatic carbocycles. The third kappa shape index (κ3) is 3.96. The minimum absolute atomic E-state index is 0.0519. The predicted molar refractivity (Wildman–Crippen MR) is 105 cm³/mol. The SMILES string of the molecule is CCCCC1C(C(=O)NN)=CC(C)=CC1(C)C(=O)c1ccc(CC)cc1. The summed E-state index contributed by atoms with van der Waals surface area (Å²) in [5.74, 6) is 4.96. The molecule has 26 heavy (non-hydrogen) atoms. The Morgan fingerprint density at radius 3 is 2.38 bits per heavy atom. The summed E-state index contributed by atoms with van der Waals surface area (Å²) in [5, 5.41) is 0. The van der Waals surface area contributed by atoms with Gasteiger partial charge >= 0.3 is 0 Å². The van der Waals surface area contributed by atoms with Crippen molar-refractivity contribution in [2.24, 2.45) is 17.2 Å². The quantitative estimate of drug-likeness (QED) is 0.335. The van der Waals surface area contributed by atoms with Gasteiger partial charge in [0.2, 0.25) is 0 Å². The second-order valence-corrected chi connectivity index (χ2v) is 7.32. The van der Waals surface area contributed by atoms with Gasteiger partial charge in [-0.3, -0.25) is 15.0 Å². The van der Waals surface area contributed by atoms with Gasteiger partial charge in [0.05, 0.1) is 5.41 Å². The van der Waals surface area contributed by atoms with Crippen molar-refractivity contribution in [1.82, 2.24) is 5.43 Å². The van der Waals surface area contributed by atoms with Crippen molar-refractivity contribution in [3.8, 4) is 0 Å². The number of rotatable bonds is 7. The highest BCUT2D eigenvalue weighted by Crippen LogP contribution is 2.44. The van der Waals surface area contributed by atoms with E-state index in [1.54, 1.807) is 0 Å². The number of aryl methyl sites for hydroxylation is 1. The fourth-order valence-electron chi connectivity index (χ4n) is 3.88. The molecule has 1 aromatic rings. The van der Waals surface area contributed by atoms with Gasteiger partial charge in [0.25, 0.3) is 5.91 Å². The summed E-state index contributed by atoms with van der Waals surface area (Å²) in [4.78, 5) is 25.8. The number of hydrazine groups is 1. The fourth-order valence-corrected chi connectivity index (χ4v) is 3.88. The molecule has 0 saturated carbocycles. The summed E-state index contributed by atoms with van der Waals surface area (Å²) in [6.07, 6.45) is 7.53. The Hall–Kier alpha value is -2.20. The number of nitrogens with one attached hydrogen (secondary N) is 1. The molecule has 0 radical (unpaired) electrons. The van der Waals surface area contributed by atoms with Crippen LogP contribution in [0.1, 0.15) is 62.9 Å². The highest BCUT2D eigenvalue weighted by Gasteiger charge is 2.44. The van der Waals surface area contributed by atoms with Crippen LogP contribution < -0.4 is 11.3 Å². The molecule has 3 N–H and O–H groups in total. The smallest absolute Gasteiger partial charge is 0.261 e. The van der Waals surface area contributed by atoms with Crippen LogP contribution >= 0.6 is 0 Å². The molecule has 140 valence electrons. The van der Waals surface area contributed by atoms with E-state index in [0.717, 1.165) is 31.3 Å². The van der Waals surface area contributed by atoms with Gasteiger partial charge in [-0.1, -0.05) is 68.7 Å². The lowest BCUT2D eigenvalue weighted by atomic mass is 9.63. The molecule has 2 atom stereocenters. The Morgan fingerprint density at radius 1 is 1.19 bits per heavy atom. The average Bonchev–Trinajstić information content (AvgIpc) is 2.65. The molecular weight excluding hydrogens is 324 g/mol. The minimum atomic E-state index is -0.760. The molecule has 1 aromatic carbocycles. The topological polar surface area (TPSA) is 72.2 Å². The number of carbonyl (C=O) groups is 2. The van der Waals surface area contributed by atoms with Crippen LogP contribution in [0.3, 0.4) is 0 Å². The Morgan fingerprint density at radius 2 is 1.85 bits per heavy atom. The summed E-state index contributed by atoms with van der Waals surface area (Å²) in [7, 11) is 0. The molecule has 0 aromatic heterocycles. The van der Waals surface area contributed by atoms with E-state index in [1.807, 2.05) is 50.3 Å². The normalized spacial score (nSPS) is 22.4. The van der Waals surface area contributed by atoms with Crippen LogP contribution in [-0.2, 0) is 11.2 Å². The summed E-state index contributed by atoms with van der Waals surface area (Å²) >= 11 is 0. The van der Waals surface area contributed by atoms with Crippen molar-refractivity contribution in [1.29, 1.82) is 0 Å². The molecule has 4 heteroatoms.